The fraction of sp³-hybridized carbons (Fsp3) is 0.500. The van der Waals surface area contributed by atoms with Gasteiger partial charge in [-0.2, -0.15) is 0 Å². The molecule has 0 radical (unpaired) electrons. The van der Waals surface area contributed by atoms with Gasteiger partial charge in [-0.05, 0) is 24.5 Å². The SMILES string of the molecule is CCC1CNc2ccc(OC)cc2NC1. The van der Waals surface area contributed by atoms with Crippen LogP contribution >= 0.6 is 0 Å². The number of anilines is 2. The highest BCUT2D eigenvalue weighted by Crippen LogP contribution is 2.29. The van der Waals surface area contributed by atoms with Gasteiger partial charge in [-0.1, -0.05) is 6.92 Å². The van der Waals surface area contributed by atoms with Crippen molar-refractivity contribution in [2.45, 2.75) is 13.3 Å². The molecule has 3 nitrogen and oxygen atoms in total. The summed E-state index contributed by atoms with van der Waals surface area (Å²) in [4.78, 5) is 0. The lowest BCUT2D eigenvalue weighted by molar-refractivity contribution is 0.415. The maximum atomic E-state index is 5.21. The van der Waals surface area contributed by atoms with E-state index in [9.17, 15) is 0 Å². The average molecular weight is 206 g/mol. The Bertz CT molecular complexity index is 338. The average Bonchev–Trinajstić information content (AvgIpc) is 2.50. The second-order valence-electron chi connectivity index (χ2n) is 3.95. The number of benzene rings is 1. The van der Waals surface area contributed by atoms with Crippen molar-refractivity contribution in [1.82, 2.24) is 0 Å². The molecule has 0 aromatic heterocycles. The molecule has 0 saturated carbocycles. The largest absolute Gasteiger partial charge is 0.497 e. The van der Waals surface area contributed by atoms with Crippen LogP contribution in [0.2, 0.25) is 0 Å². The number of rotatable bonds is 2. The minimum atomic E-state index is 0.698. The Morgan fingerprint density at radius 1 is 1.27 bits per heavy atom. The Kier molecular flexibility index (Phi) is 2.99. The third-order valence-electron chi connectivity index (χ3n) is 2.97. The molecule has 0 aliphatic carbocycles. The predicted molar refractivity (Wildman–Crippen MR) is 63.8 cm³/mol. The first-order valence-electron chi connectivity index (χ1n) is 5.49. The van der Waals surface area contributed by atoms with Crippen LogP contribution in [-0.2, 0) is 0 Å². The number of fused-ring (bicyclic) bond motifs is 1. The summed E-state index contributed by atoms with van der Waals surface area (Å²) < 4.78 is 5.21. The smallest absolute Gasteiger partial charge is 0.121 e. The van der Waals surface area contributed by atoms with Crippen LogP contribution in [0.4, 0.5) is 11.4 Å². The first-order chi connectivity index (χ1) is 7.33. The quantitative estimate of drug-likeness (QED) is 0.780. The fourth-order valence-corrected chi connectivity index (χ4v) is 1.82. The number of methoxy groups -OCH3 is 1. The van der Waals surface area contributed by atoms with E-state index in [1.54, 1.807) is 7.11 Å². The zero-order valence-electron chi connectivity index (χ0n) is 9.34. The fourth-order valence-electron chi connectivity index (χ4n) is 1.82. The van der Waals surface area contributed by atoms with Crippen LogP contribution < -0.4 is 15.4 Å². The molecule has 1 aromatic rings. The van der Waals surface area contributed by atoms with Gasteiger partial charge in [-0.15, -0.1) is 0 Å². The molecule has 1 aliphatic heterocycles. The number of hydrogen-bond donors (Lipinski definition) is 2. The molecule has 1 heterocycles. The molecular weight excluding hydrogens is 188 g/mol. The standard InChI is InChI=1S/C12H18N2O/c1-3-9-7-13-11-5-4-10(15-2)6-12(11)14-8-9/h4-6,9,13-14H,3,7-8H2,1-2H3. The molecule has 1 atom stereocenters. The second kappa shape index (κ2) is 4.43. The minimum absolute atomic E-state index is 0.698. The summed E-state index contributed by atoms with van der Waals surface area (Å²) >= 11 is 0. The highest BCUT2D eigenvalue weighted by molar-refractivity contribution is 5.71. The molecule has 0 amide bonds. The van der Waals surface area contributed by atoms with Gasteiger partial charge >= 0.3 is 0 Å². The van der Waals surface area contributed by atoms with E-state index < -0.39 is 0 Å². The van der Waals surface area contributed by atoms with Crippen LogP contribution in [0.1, 0.15) is 13.3 Å². The molecule has 0 saturated heterocycles. The third kappa shape index (κ3) is 2.17. The first kappa shape index (κ1) is 10.1. The van der Waals surface area contributed by atoms with Crippen molar-refractivity contribution in [2.75, 3.05) is 30.8 Å². The van der Waals surface area contributed by atoms with E-state index in [-0.39, 0.29) is 0 Å². The van der Waals surface area contributed by atoms with Crippen LogP contribution in [0.25, 0.3) is 0 Å². The van der Waals surface area contributed by atoms with Crippen molar-refractivity contribution in [3.05, 3.63) is 18.2 Å². The zero-order chi connectivity index (χ0) is 10.7. The van der Waals surface area contributed by atoms with Gasteiger partial charge in [0.15, 0.2) is 0 Å². The normalized spacial score (nSPS) is 19.5. The van der Waals surface area contributed by atoms with Crippen LogP contribution in [0.5, 0.6) is 5.75 Å². The summed E-state index contributed by atoms with van der Waals surface area (Å²) in [5.41, 5.74) is 2.32. The van der Waals surface area contributed by atoms with Gasteiger partial charge in [0.05, 0.1) is 18.5 Å². The predicted octanol–water partition coefficient (Wildman–Crippen LogP) is 2.56. The lowest BCUT2D eigenvalue weighted by Gasteiger charge is -2.10. The molecule has 0 bridgehead atoms. The molecule has 15 heavy (non-hydrogen) atoms. The molecular formula is C12H18N2O. The van der Waals surface area contributed by atoms with Gasteiger partial charge in [0, 0.05) is 19.2 Å². The van der Waals surface area contributed by atoms with E-state index >= 15 is 0 Å². The Morgan fingerprint density at radius 3 is 2.67 bits per heavy atom. The molecule has 0 fully saturated rings. The topological polar surface area (TPSA) is 33.3 Å². The van der Waals surface area contributed by atoms with Crippen molar-refractivity contribution in [2.24, 2.45) is 5.92 Å². The van der Waals surface area contributed by atoms with E-state index in [1.807, 2.05) is 12.1 Å². The van der Waals surface area contributed by atoms with E-state index in [0.29, 0.717) is 5.92 Å². The van der Waals surface area contributed by atoms with Crippen LogP contribution in [0.15, 0.2) is 18.2 Å². The Morgan fingerprint density at radius 2 is 2.00 bits per heavy atom. The van der Waals surface area contributed by atoms with Crippen LogP contribution in [0.3, 0.4) is 0 Å². The van der Waals surface area contributed by atoms with Crippen molar-refractivity contribution in [1.29, 1.82) is 0 Å². The zero-order valence-corrected chi connectivity index (χ0v) is 9.34. The van der Waals surface area contributed by atoms with E-state index in [0.717, 1.165) is 24.5 Å². The van der Waals surface area contributed by atoms with Crippen molar-refractivity contribution in [3.8, 4) is 5.75 Å². The maximum absolute atomic E-state index is 5.21. The van der Waals surface area contributed by atoms with Gasteiger partial charge in [0.25, 0.3) is 0 Å². The summed E-state index contributed by atoms with van der Waals surface area (Å²) in [6.45, 7) is 4.30. The van der Waals surface area contributed by atoms with Crippen molar-refractivity contribution in [3.63, 3.8) is 0 Å². The number of ether oxygens (including phenoxy) is 1. The molecule has 3 heteroatoms. The molecule has 2 rings (SSSR count). The highest BCUT2D eigenvalue weighted by Gasteiger charge is 2.13. The van der Waals surface area contributed by atoms with E-state index in [2.05, 4.69) is 23.6 Å². The molecule has 1 unspecified atom stereocenters. The highest BCUT2D eigenvalue weighted by atomic mass is 16.5. The molecule has 0 spiro atoms. The summed E-state index contributed by atoms with van der Waals surface area (Å²) in [5.74, 6) is 1.60. The van der Waals surface area contributed by atoms with Crippen molar-refractivity contribution >= 4 is 11.4 Å². The van der Waals surface area contributed by atoms with Gasteiger partial charge in [0.1, 0.15) is 5.75 Å². The lowest BCUT2D eigenvalue weighted by atomic mass is 10.1. The molecule has 82 valence electrons. The van der Waals surface area contributed by atoms with Crippen LogP contribution in [0, 0.1) is 5.92 Å². The molecule has 2 N–H and O–H groups in total. The lowest BCUT2D eigenvalue weighted by Crippen LogP contribution is -2.17. The first-order valence-corrected chi connectivity index (χ1v) is 5.49. The second-order valence-corrected chi connectivity index (χ2v) is 3.95. The van der Waals surface area contributed by atoms with Gasteiger partial charge in [-0.25, -0.2) is 0 Å². The summed E-state index contributed by atoms with van der Waals surface area (Å²) in [7, 11) is 1.70. The Hall–Kier alpha value is -1.38. The van der Waals surface area contributed by atoms with Gasteiger partial charge < -0.3 is 15.4 Å². The summed E-state index contributed by atoms with van der Waals surface area (Å²) in [5, 5.41) is 6.92. The van der Waals surface area contributed by atoms with Crippen molar-refractivity contribution < 1.29 is 4.74 Å². The summed E-state index contributed by atoms with van der Waals surface area (Å²) in [6.07, 6.45) is 1.20. The van der Waals surface area contributed by atoms with Gasteiger partial charge in [-0.3, -0.25) is 0 Å². The molecule has 1 aromatic carbocycles. The summed E-state index contributed by atoms with van der Waals surface area (Å²) in [6, 6.07) is 6.10. The Labute approximate surface area is 90.8 Å². The maximum Gasteiger partial charge on any atom is 0.121 e. The number of nitrogens with one attached hydrogen (secondary N) is 2. The monoisotopic (exact) mass is 206 g/mol. The van der Waals surface area contributed by atoms with E-state index in [4.69, 9.17) is 4.74 Å². The van der Waals surface area contributed by atoms with Crippen LogP contribution in [-0.4, -0.2) is 20.2 Å². The third-order valence-corrected chi connectivity index (χ3v) is 2.97. The minimum Gasteiger partial charge on any atom is -0.497 e. The molecule has 1 aliphatic rings. The number of hydrogen-bond acceptors (Lipinski definition) is 3. The van der Waals surface area contributed by atoms with Gasteiger partial charge in [0.2, 0.25) is 0 Å². The Balaban J connectivity index is 2.20. The van der Waals surface area contributed by atoms with E-state index in [1.165, 1.54) is 12.1 Å².